The molecule has 1 heterocycles. The largest absolute Gasteiger partial charge is 0.463 e. The predicted molar refractivity (Wildman–Crippen MR) is 83.6 cm³/mol. The van der Waals surface area contributed by atoms with Crippen molar-refractivity contribution in [2.45, 2.75) is 20.0 Å². The first-order chi connectivity index (χ1) is 10.2. The number of nitrogens with zero attached hydrogens (tertiary/aromatic N) is 3. The summed E-state index contributed by atoms with van der Waals surface area (Å²) in [7, 11) is 1.73. The van der Waals surface area contributed by atoms with Gasteiger partial charge in [-0.3, -0.25) is 0 Å². The van der Waals surface area contributed by atoms with E-state index in [-0.39, 0.29) is 12.0 Å². The van der Waals surface area contributed by atoms with E-state index in [0.29, 0.717) is 19.2 Å². The predicted octanol–water partition coefficient (Wildman–Crippen LogP) is 3.04. The molecule has 0 atom stereocenters. The first-order valence-corrected chi connectivity index (χ1v) is 7.44. The van der Waals surface area contributed by atoms with Crippen LogP contribution >= 0.6 is 15.9 Å². The van der Waals surface area contributed by atoms with Crippen molar-refractivity contribution in [1.29, 1.82) is 0 Å². The van der Waals surface area contributed by atoms with Crippen LogP contribution in [0.5, 0.6) is 12.0 Å². The van der Waals surface area contributed by atoms with E-state index in [1.165, 1.54) is 0 Å². The average Bonchev–Trinajstić information content (AvgIpc) is 2.51. The summed E-state index contributed by atoms with van der Waals surface area (Å²) < 4.78 is 12.0. The molecule has 0 saturated carbocycles. The molecule has 0 aliphatic rings. The summed E-state index contributed by atoms with van der Waals surface area (Å²) >= 11 is 3.42. The molecular weight excluding hydrogens is 336 g/mol. The van der Waals surface area contributed by atoms with Crippen LogP contribution in [-0.4, -0.2) is 28.6 Å². The Kier molecular flexibility index (Phi) is 5.74. The van der Waals surface area contributed by atoms with E-state index in [4.69, 9.17) is 9.47 Å². The van der Waals surface area contributed by atoms with Crippen molar-refractivity contribution < 1.29 is 9.47 Å². The van der Waals surface area contributed by atoms with Crippen molar-refractivity contribution in [2.75, 3.05) is 19.0 Å². The lowest BCUT2D eigenvalue weighted by Crippen LogP contribution is -2.07. The van der Waals surface area contributed by atoms with Gasteiger partial charge in [0, 0.05) is 11.5 Å². The number of ether oxygens (including phenoxy) is 2. The molecule has 6 nitrogen and oxygen atoms in total. The number of anilines is 1. The SMILES string of the molecule is CCCOc1nc(NC)nc(OCc2cccc(Br)c2)n1. The highest BCUT2D eigenvalue weighted by molar-refractivity contribution is 9.10. The Bertz CT molecular complexity index is 595. The van der Waals surface area contributed by atoms with Crippen LogP contribution < -0.4 is 14.8 Å². The highest BCUT2D eigenvalue weighted by Crippen LogP contribution is 2.16. The van der Waals surface area contributed by atoms with Gasteiger partial charge in [0.15, 0.2) is 0 Å². The van der Waals surface area contributed by atoms with Gasteiger partial charge in [-0.05, 0) is 24.1 Å². The zero-order valence-electron chi connectivity index (χ0n) is 12.0. The molecule has 0 amide bonds. The Balaban J connectivity index is 2.07. The third-order valence-electron chi connectivity index (χ3n) is 2.51. The summed E-state index contributed by atoms with van der Waals surface area (Å²) in [5, 5.41) is 2.86. The van der Waals surface area contributed by atoms with E-state index in [1.54, 1.807) is 7.05 Å². The zero-order valence-corrected chi connectivity index (χ0v) is 13.6. The van der Waals surface area contributed by atoms with E-state index in [0.717, 1.165) is 16.5 Å². The number of hydrogen-bond acceptors (Lipinski definition) is 6. The molecule has 1 aromatic carbocycles. The summed E-state index contributed by atoms with van der Waals surface area (Å²) in [6, 6.07) is 8.36. The van der Waals surface area contributed by atoms with Crippen LogP contribution in [0.4, 0.5) is 5.95 Å². The molecule has 2 aromatic rings. The topological polar surface area (TPSA) is 69.2 Å². The van der Waals surface area contributed by atoms with E-state index >= 15 is 0 Å². The fraction of sp³-hybridized carbons (Fsp3) is 0.357. The second kappa shape index (κ2) is 7.78. The molecule has 0 aliphatic heterocycles. The van der Waals surface area contributed by atoms with Crippen molar-refractivity contribution >= 4 is 21.9 Å². The van der Waals surface area contributed by atoms with Crippen molar-refractivity contribution in [1.82, 2.24) is 15.0 Å². The number of rotatable bonds is 7. The number of hydrogen-bond donors (Lipinski definition) is 1. The molecule has 0 radical (unpaired) electrons. The van der Waals surface area contributed by atoms with Gasteiger partial charge in [-0.15, -0.1) is 4.98 Å². The van der Waals surface area contributed by atoms with E-state index < -0.39 is 0 Å². The molecule has 0 unspecified atom stereocenters. The molecule has 1 N–H and O–H groups in total. The molecular formula is C14H17BrN4O2. The summed E-state index contributed by atoms with van der Waals surface area (Å²) in [4.78, 5) is 12.4. The third-order valence-corrected chi connectivity index (χ3v) is 3.00. The molecule has 1 aromatic heterocycles. The van der Waals surface area contributed by atoms with Gasteiger partial charge in [-0.25, -0.2) is 0 Å². The standard InChI is InChI=1S/C14H17BrN4O2/c1-3-7-20-13-17-12(16-2)18-14(19-13)21-9-10-5-4-6-11(15)8-10/h4-6,8H,3,7,9H2,1-2H3,(H,16,17,18,19). The maximum atomic E-state index is 5.61. The lowest BCUT2D eigenvalue weighted by atomic mass is 10.2. The van der Waals surface area contributed by atoms with E-state index in [2.05, 4.69) is 36.2 Å². The Hall–Kier alpha value is -1.89. The Morgan fingerprint density at radius 1 is 1.14 bits per heavy atom. The van der Waals surface area contributed by atoms with Gasteiger partial charge in [0.25, 0.3) is 0 Å². The van der Waals surface area contributed by atoms with Crippen LogP contribution in [0.25, 0.3) is 0 Å². The van der Waals surface area contributed by atoms with Crippen molar-refractivity contribution in [2.24, 2.45) is 0 Å². The molecule has 0 aliphatic carbocycles. The number of nitrogens with one attached hydrogen (secondary N) is 1. The minimum Gasteiger partial charge on any atom is -0.463 e. The number of halogens is 1. The van der Waals surface area contributed by atoms with Crippen molar-refractivity contribution in [3.8, 4) is 12.0 Å². The summed E-state index contributed by atoms with van der Waals surface area (Å²) in [5.41, 5.74) is 1.02. The van der Waals surface area contributed by atoms with Crippen LogP contribution in [0.1, 0.15) is 18.9 Å². The van der Waals surface area contributed by atoms with Gasteiger partial charge in [-0.2, -0.15) is 9.97 Å². The Morgan fingerprint density at radius 3 is 2.57 bits per heavy atom. The van der Waals surface area contributed by atoms with Crippen molar-refractivity contribution in [3.63, 3.8) is 0 Å². The molecule has 21 heavy (non-hydrogen) atoms. The van der Waals surface area contributed by atoms with Crippen LogP contribution in [-0.2, 0) is 6.61 Å². The first-order valence-electron chi connectivity index (χ1n) is 6.65. The molecule has 0 bridgehead atoms. The van der Waals surface area contributed by atoms with E-state index in [9.17, 15) is 0 Å². The van der Waals surface area contributed by atoms with Crippen LogP contribution in [0.3, 0.4) is 0 Å². The monoisotopic (exact) mass is 352 g/mol. The van der Waals surface area contributed by atoms with Crippen LogP contribution in [0, 0.1) is 0 Å². The summed E-state index contributed by atoms with van der Waals surface area (Å²) in [5.74, 6) is 0.417. The van der Waals surface area contributed by atoms with Gasteiger partial charge in [0.1, 0.15) is 6.61 Å². The second-order valence-corrected chi connectivity index (χ2v) is 5.16. The minimum atomic E-state index is 0.237. The average molecular weight is 353 g/mol. The smallest absolute Gasteiger partial charge is 0.324 e. The highest BCUT2D eigenvalue weighted by Gasteiger charge is 2.08. The molecule has 0 spiro atoms. The lowest BCUT2D eigenvalue weighted by Gasteiger charge is -2.08. The van der Waals surface area contributed by atoms with Gasteiger partial charge >= 0.3 is 12.0 Å². The molecule has 7 heteroatoms. The van der Waals surface area contributed by atoms with Gasteiger partial charge < -0.3 is 14.8 Å². The van der Waals surface area contributed by atoms with Gasteiger partial charge in [-0.1, -0.05) is 35.0 Å². The highest BCUT2D eigenvalue weighted by atomic mass is 79.9. The quantitative estimate of drug-likeness (QED) is 0.825. The molecule has 2 rings (SSSR count). The van der Waals surface area contributed by atoms with Crippen LogP contribution in [0.2, 0.25) is 0 Å². The molecule has 0 saturated heterocycles. The summed E-state index contributed by atoms with van der Waals surface area (Å²) in [6.07, 6.45) is 0.884. The normalized spacial score (nSPS) is 10.2. The zero-order chi connectivity index (χ0) is 15.1. The number of benzene rings is 1. The van der Waals surface area contributed by atoms with Gasteiger partial charge in [0.2, 0.25) is 5.95 Å². The van der Waals surface area contributed by atoms with Gasteiger partial charge in [0.05, 0.1) is 6.61 Å². The maximum absolute atomic E-state index is 5.61. The fourth-order valence-corrected chi connectivity index (χ4v) is 1.99. The fourth-order valence-electron chi connectivity index (χ4n) is 1.55. The summed E-state index contributed by atoms with van der Waals surface area (Å²) in [6.45, 7) is 2.95. The number of aromatic nitrogens is 3. The van der Waals surface area contributed by atoms with Crippen molar-refractivity contribution in [3.05, 3.63) is 34.3 Å². The Morgan fingerprint density at radius 2 is 1.90 bits per heavy atom. The van der Waals surface area contributed by atoms with E-state index in [1.807, 2.05) is 31.2 Å². The Labute approximate surface area is 132 Å². The maximum Gasteiger partial charge on any atom is 0.324 e. The van der Waals surface area contributed by atoms with Crippen LogP contribution in [0.15, 0.2) is 28.7 Å². The minimum absolute atomic E-state index is 0.237. The second-order valence-electron chi connectivity index (χ2n) is 4.24. The molecule has 112 valence electrons. The third kappa shape index (κ3) is 4.86. The molecule has 0 fully saturated rings. The first kappa shape index (κ1) is 15.5. The lowest BCUT2D eigenvalue weighted by molar-refractivity contribution is 0.256.